The predicted octanol–water partition coefficient (Wildman–Crippen LogP) is -1.10. The van der Waals surface area contributed by atoms with E-state index in [1.807, 2.05) is 42.5 Å². The highest BCUT2D eigenvalue weighted by atomic mass is 16.7. The Morgan fingerprint density at radius 1 is 0.680 bits per heavy atom. The average molecular weight is 1060 g/mol. The number of anilines is 2. The number of aliphatic hydroxyl groups is 4. The third kappa shape index (κ3) is 21.8. The lowest BCUT2D eigenvalue weighted by Gasteiger charge is -2.46. The van der Waals surface area contributed by atoms with E-state index in [2.05, 4.69) is 26.6 Å². The van der Waals surface area contributed by atoms with Crippen molar-refractivity contribution in [3.8, 4) is 11.1 Å². The second-order valence-corrected chi connectivity index (χ2v) is 18.0. The Balaban J connectivity index is 1.07. The molecular weight excluding hydrogens is 991 g/mol. The van der Waals surface area contributed by atoms with Crippen molar-refractivity contribution in [2.24, 2.45) is 0 Å². The van der Waals surface area contributed by atoms with Crippen LogP contribution in [0.1, 0.15) is 32.8 Å². The molecule has 0 aromatic heterocycles. The number of carbonyl (C=O) groups is 4. The summed E-state index contributed by atoms with van der Waals surface area (Å²) in [5, 5.41) is 65.9. The number of hydrogen-bond donors (Lipinski definition) is 10. The number of carboxylic acid groups (broad SMARTS) is 1. The fourth-order valence-corrected chi connectivity index (χ4v) is 7.31. The second-order valence-electron chi connectivity index (χ2n) is 18.0. The van der Waals surface area contributed by atoms with Gasteiger partial charge in [0.25, 0.3) is 16.6 Å². The minimum absolute atomic E-state index is 0.0286. The number of nitrogens with one attached hydrogen (secondary N) is 5. The number of amides is 3. The molecule has 25 nitrogen and oxygen atoms in total. The van der Waals surface area contributed by atoms with Crippen LogP contribution in [0.3, 0.4) is 0 Å². The van der Waals surface area contributed by atoms with Crippen molar-refractivity contribution in [3.05, 3.63) is 80.6 Å². The molecule has 1 heterocycles. The fraction of sp³-hybridized carbons (Fsp3) is 0.600. The van der Waals surface area contributed by atoms with Crippen LogP contribution in [0.5, 0.6) is 0 Å². The molecule has 0 radical (unpaired) electrons. The minimum Gasteiger partial charge on any atom is -0.477 e. The standard InChI is InChI=1S/C50H73N5O20/c1-49(2,3)75-48(66)53-15-18-69-20-23-71-26-25-70-22-19-67-16-13-51-41-42(45(63)44(41)62)52-14-17-68-21-24-72-27-28-73-50(47(64)65)30-36(57)40(55-39(60)32-56)46(74-50)43(61)37(58)31-54-38(59)29-33-9-11-35(12-10-33)34-7-5-4-6-8-34/h4-12,36-37,40,43,46,51-52,56-58,61H,13-32H2,1-3H3,(H,53,66)(H,54,59)(H,55,60)(H,64,65)/t36-,37+,40+,43+,46+,50+/m0/s1. The van der Waals surface area contributed by atoms with E-state index in [9.17, 15) is 54.3 Å². The van der Waals surface area contributed by atoms with Crippen molar-refractivity contribution >= 4 is 35.3 Å². The van der Waals surface area contributed by atoms with E-state index in [0.717, 1.165) is 11.1 Å². The Labute approximate surface area is 434 Å². The first-order valence-electron chi connectivity index (χ1n) is 24.6. The number of hydrogen-bond acceptors (Lipinski definition) is 21. The van der Waals surface area contributed by atoms with Crippen LogP contribution >= 0.6 is 0 Å². The smallest absolute Gasteiger partial charge is 0.407 e. The van der Waals surface area contributed by atoms with Crippen LogP contribution in [0, 0.1) is 0 Å². The molecule has 1 aliphatic heterocycles. The first kappa shape index (κ1) is 61.9. The Morgan fingerprint density at radius 2 is 1.17 bits per heavy atom. The van der Waals surface area contributed by atoms with Gasteiger partial charge in [-0.25, -0.2) is 9.59 Å². The number of carboxylic acids is 1. The molecule has 418 valence electrons. The molecule has 75 heavy (non-hydrogen) atoms. The van der Waals surface area contributed by atoms with Gasteiger partial charge in [0, 0.05) is 32.6 Å². The molecule has 1 saturated heterocycles. The van der Waals surface area contributed by atoms with Crippen LogP contribution in [0.15, 0.2) is 64.2 Å². The number of alkyl carbamates (subject to hydrolysis) is 1. The number of aliphatic carboxylic acids is 1. The van der Waals surface area contributed by atoms with Gasteiger partial charge in [-0.2, -0.15) is 0 Å². The highest BCUT2D eigenvalue weighted by Gasteiger charge is 2.56. The zero-order valence-electron chi connectivity index (χ0n) is 42.6. The van der Waals surface area contributed by atoms with Gasteiger partial charge >= 0.3 is 12.1 Å². The summed E-state index contributed by atoms with van der Waals surface area (Å²) in [5.74, 6) is -5.76. The summed E-state index contributed by atoms with van der Waals surface area (Å²) in [7, 11) is 0. The largest absolute Gasteiger partial charge is 0.477 e. The Kier molecular flexibility index (Phi) is 27.0. The normalized spacial score (nSPS) is 18.5. The molecule has 0 bridgehead atoms. The molecule has 0 aliphatic carbocycles. The molecule has 6 atom stereocenters. The van der Waals surface area contributed by atoms with Crippen LogP contribution in [0.4, 0.5) is 16.2 Å². The molecule has 0 saturated carbocycles. The summed E-state index contributed by atoms with van der Waals surface area (Å²) in [5.41, 5.74) is 0.996. The topological polar surface area (TPSA) is 347 Å². The maximum Gasteiger partial charge on any atom is 0.407 e. The van der Waals surface area contributed by atoms with Gasteiger partial charge in [-0.15, -0.1) is 0 Å². The highest BCUT2D eigenvalue weighted by molar-refractivity contribution is 5.79. The van der Waals surface area contributed by atoms with E-state index in [1.165, 1.54) is 0 Å². The van der Waals surface area contributed by atoms with Crippen LogP contribution in [-0.2, 0) is 63.4 Å². The molecule has 10 N–H and O–H groups in total. The fourth-order valence-electron chi connectivity index (χ4n) is 7.31. The number of aliphatic hydroxyl groups excluding tert-OH is 4. The Hall–Kier alpha value is -5.68. The molecule has 1 aliphatic rings. The zero-order chi connectivity index (χ0) is 54.6. The van der Waals surface area contributed by atoms with E-state index in [4.69, 9.17) is 42.6 Å². The van der Waals surface area contributed by atoms with E-state index >= 15 is 0 Å². The van der Waals surface area contributed by atoms with Crippen LogP contribution < -0.4 is 37.4 Å². The molecule has 3 aromatic carbocycles. The molecule has 4 rings (SSSR count). The van der Waals surface area contributed by atoms with Crippen molar-refractivity contribution in [2.45, 2.75) is 75.5 Å². The van der Waals surface area contributed by atoms with E-state index in [1.54, 1.807) is 32.9 Å². The molecule has 3 aromatic rings. The predicted molar refractivity (Wildman–Crippen MR) is 269 cm³/mol. The summed E-state index contributed by atoms with van der Waals surface area (Å²) in [4.78, 5) is 73.4. The van der Waals surface area contributed by atoms with E-state index < -0.39 is 103 Å². The summed E-state index contributed by atoms with van der Waals surface area (Å²) >= 11 is 0. The van der Waals surface area contributed by atoms with E-state index in [0.29, 0.717) is 58.4 Å². The van der Waals surface area contributed by atoms with Crippen molar-refractivity contribution < 1.29 is 87.3 Å². The summed E-state index contributed by atoms with van der Waals surface area (Å²) in [6.45, 7) is 6.85. The molecule has 25 heteroatoms. The molecule has 3 amide bonds. The van der Waals surface area contributed by atoms with Crippen molar-refractivity contribution in [1.29, 1.82) is 0 Å². The first-order valence-corrected chi connectivity index (χ1v) is 24.6. The van der Waals surface area contributed by atoms with Crippen molar-refractivity contribution in [3.63, 3.8) is 0 Å². The summed E-state index contributed by atoms with van der Waals surface area (Å²) < 4.78 is 49.2. The molecule has 1 fully saturated rings. The number of carbonyl (C=O) groups excluding carboxylic acids is 3. The average Bonchev–Trinajstić information content (AvgIpc) is 3.38. The number of benzene rings is 2. The Morgan fingerprint density at radius 3 is 1.68 bits per heavy atom. The van der Waals surface area contributed by atoms with Gasteiger partial charge in [0.15, 0.2) is 0 Å². The summed E-state index contributed by atoms with van der Waals surface area (Å²) in [6, 6.07) is 15.4. The van der Waals surface area contributed by atoms with Crippen molar-refractivity contribution in [2.75, 3.05) is 129 Å². The maximum absolute atomic E-state index is 12.8. The minimum atomic E-state index is -2.58. The molecule has 0 spiro atoms. The maximum atomic E-state index is 12.8. The van der Waals surface area contributed by atoms with Crippen LogP contribution in [0.25, 0.3) is 11.1 Å². The summed E-state index contributed by atoms with van der Waals surface area (Å²) in [6.07, 6.45) is -8.62. The second kappa shape index (κ2) is 32.7. The van der Waals surface area contributed by atoms with E-state index in [-0.39, 0.29) is 63.9 Å². The van der Waals surface area contributed by atoms with Crippen LogP contribution in [-0.4, -0.2) is 210 Å². The van der Waals surface area contributed by atoms with Gasteiger partial charge in [-0.1, -0.05) is 54.6 Å². The third-order valence-electron chi connectivity index (χ3n) is 11.0. The van der Waals surface area contributed by atoms with Gasteiger partial charge < -0.3 is 94.7 Å². The van der Waals surface area contributed by atoms with Gasteiger partial charge in [0.05, 0.1) is 111 Å². The lowest BCUT2D eigenvalue weighted by atomic mass is 9.88. The number of ether oxygens (including phenoxy) is 9. The lowest BCUT2D eigenvalue weighted by Crippen LogP contribution is -2.68. The third-order valence-corrected chi connectivity index (χ3v) is 11.0. The first-order chi connectivity index (χ1) is 35.9. The van der Waals surface area contributed by atoms with Gasteiger partial charge in [-0.3, -0.25) is 19.2 Å². The molecule has 0 unspecified atom stereocenters. The van der Waals surface area contributed by atoms with Gasteiger partial charge in [0.2, 0.25) is 11.8 Å². The van der Waals surface area contributed by atoms with Crippen molar-refractivity contribution in [1.82, 2.24) is 16.0 Å². The zero-order valence-corrected chi connectivity index (χ0v) is 42.6. The SMILES string of the molecule is CC(C)(C)OC(=O)NCCOCCOCCOCCOCCNc1c(NCCOCCOCCO[C@]2(C(=O)O)C[C@H](O)[C@@H](NC(=O)CO)[C@H]([C@H](O)[C@H](O)CNC(=O)Cc3ccc(-c4ccccc4)cc3)O2)c(=O)c1=O. The molecular formula is C50H73N5O20. The lowest BCUT2D eigenvalue weighted by molar-refractivity contribution is -0.312. The monoisotopic (exact) mass is 1060 g/mol. The van der Waals surface area contributed by atoms with Gasteiger partial charge in [0.1, 0.15) is 35.8 Å². The van der Waals surface area contributed by atoms with Gasteiger partial charge in [-0.05, 0) is 37.5 Å². The highest BCUT2D eigenvalue weighted by Crippen LogP contribution is 2.33. The number of rotatable bonds is 37. The Bertz CT molecular complexity index is 2240. The quantitative estimate of drug-likeness (QED) is 0.0242. The van der Waals surface area contributed by atoms with Crippen LogP contribution in [0.2, 0.25) is 0 Å².